The Bertz CT molecular complexity index is 747. The first-order valence-corrected chi connectivity index (χ1v) is 9.35. The molecule has 0 aliphatic carbocycles. The van der Waals surface area contributed by atoms with E-state index in [1.165, 1.54) is 30.2 Å². The van der Waals surface area contributed by atoms with Gasteiger partial charge < -0.3 is 20.7 Å². The van der Waals surface area contributed by atoms with Crippen LogP contribution in [-0.4, -0.2) is 51.7 Å². The highest BCUT2D eigenvalue weighted by atomic mass is 32.2. The molecule has 0 unspecified atom stereocenters. The van der Waals surface area contributed by atoms with Gasteiger partial charge in [-0.25, -0.2) is 13.2 Å². The topological polar surface area (TPSA) is 119 Å². The summed E-state index contributed by atoms with van der Waals surface area (Å²) in [5.74, 6) is -0.447. The first kappa shape index (κ1) is 18.1. The summed E-state index contributed by atoms with van der Waals surface area (Å²) in [6, 6.07) is 3.81. The van der Waals surface area contributed by atoms with Crippen LogP contribution in [0.1, 0.15) is 12.8 Å². The number of nitrogens with one attached hydrogen (secondary N) is 1. The van der Waals surface area contributed by atoms with Crippen molar-refractivity contribution in [1.82, 2.24) is 4.90 Å². The maximum absolute atomic E-state index is 12.4. The lowest BCUT2D eigenvalue weighted by Crippen LogP contribution is -2.45. The second-order valence-electron chi connectivity index (χ2n) is 5.75. The van der Waals surface area contributed by atoms with E-state index < -0.39 is 21.8 Å². The molecule has 2 rings (SSSR count). The predicted octanol–water partition coefficient (Wildman–Crippen LogP) is 0.828. The number of nitrogens with zero attached hydrogens (tertiary/aromatic N) is 1. The Morgan fingerprint density at radius 2 is 2.08 bits per heavy atom. The third-order valence-corrected chi connectivity index (χ3v) is 5.06. The molecule has 8 nitrogen and oxygen atoms in total. The molecule has 1 heterocycles. The van der Waals surface area contributed by atoms with Crippen LogP contribution >= 0.6 is 0 Å². The molecule has 1 aromatic rings. The number of methoxy groups -OCH3 is 1. The Hall–Kier alpha value is -2.29. The van der Waals surface area contributed by atoms with Crippen LogP contribution in [0, 0.1) is 5.92 Å². The van der Waals surface area contributed by atoms with Crippen LogP contribution in [0.3, 0.4) is 0 Å². The van der Waals surface area contributed by atoms with E-state index in [9.17, 15) is 18.0 Å². The fourth-order valence-corrected chi connectivity index (χ4v) is 3.25. The lowest BCUT2D eigenvalue weighted by atomic mass is 9.98. The van der Waals surface area contributed by atoms with Gasteiger partial charge in [-0.1, -0.05) is 0 Å². The van der Waals surface area contributed by atoms with Gasteiger partial charge in [-0.2, -0.15) is 0 Å². The molecule has 0 bridgehead atoms. The molecule has 0 aromatic heterocycles. The summed E-state index contributed by atoms with van der Waals surface area (Å²) in [5.41, 5.74) is 5.57. The van der Waals surface area contributed by atoms with Crippen molar-refractivity contribution in [2.24, 2.45) is 11.7 Å². The number of rotatable bonds is 4. The van der Waals surface area contributed by atoms with Gasteiger partial charge in [0.2, 0.25) is 5.91 Å². The zero-order valence-corrected chi connectivity index (χ0v) is 14.4. The first-order chi connectivity index (χ1) is 11.2. The highest BCUT2D eigenvalue weighted by Gasteiger charge is 2.27. The van der Waals surface area contributed by atoms with E-state index in [1.54, 1.807) is 0 Å². The van der Waals surface area contributed by atoms with Gasteiger partial charge in [-0.05, 0) is 31.0 Å². The summed E-state index contributed by atoms with van der Waals surface area (Å²) in [5, 5.41) is 2.65. The Kier molecular flexibility index (Phi) is 5.33. The number of piperidine rings is 1. The number of hydrogen-bond acceptors (Lipinski definition) is 5. The fourth-order valence-electron chi connectivity index (χ4n) is 2.60. The molecule has 1 aliphatic rings. The molecule has 0 spiro atoms. The fraction of sp³-hybridized carbons (Fsp3) is 0.467. The van der Waals surface area contributed by atoms with Gasteiger partial charge in [0, 0.05) is 19.3 Å². The first-order valence-electron chi connectivity index (χ1n) is 7.45. The van der Waals surface area contributed by atoms with Gasteiger partial charge in [-0.15, -0.1) is 0 Å². The van der Waals surface area contributed by atoms with Crippen molar-refractivity contribution >= 4 is 27.5 Å². The smallest absolute Gasteiger partial charge is 0.321 e. The summed E-state index contributed by atoms with van der Waals surface area (Å²) in [6.45, 7) is 0.749. The number of hydrogen-bond donors (Lipinski definition) is 2. The monoisotopic (exact) mass is 355 g/mol. The van der Waals surface area contributed by atoms with E-state index in [0.717, 1.165) is 6.26 Å². The van der Waals surface area contributed by atoms with E-state index in [4.69, 9.17) is 10.5 Å². The molecular formula is C15H21N3O5S. The zero-order valence-electron chi connectivity index (χ0n) is 13.6. The number of carbonyl (C=O) groups excluding carboxylic acids is 2. The van der Waals surface area contributed by atoms with E-state index >= 15 is 0 Å². The maximum Gasteiger partial charge on any atom is 0.321 e. The minimum atomic E-state index is -3.41. The standard InChI is InChI=1S/C15H21N3O5S/c1-23-13-6-5-11(24(2,21)22)8-12(13)17-15(20)18-7-3-4-10(9-18)14(16)19/h5-6,8,10H,3-4,7,9H2,1-2H3,(H2,16,19)(H,17,20)/t10-/m0/s1. The number of amides is 3. The van der Waals surface area contributed by atoms with Crippen molar-refractivity contribution in [3.8, 4) is 5.75 Å². The van der Waals surface area contributed by atoms with E-state index in [0.29, 0.717) is 25.1 Å². The molecule has 1 atom stereocenters. The van der Waals surface area contributed by atoms with Crippen LogP contribution in [0.2, 0.25) is 0 Å². The number of urea groups is 1. The van der Waals surface area contributed by atoms with Crippen LogP contribution in [0.25, 0.3) is 0 Å². The highest BCUT2D eigenvalue weighted by Crippen LogP contribution is 2.28. The lowest BCUT2D eigenvalue weighted by Gasteiger charge is -2.31. The predicted molar refractivity (Wildman–Crippen MR) is 88.6 cm³/mol. The van der Waals surface area contributed by atoms with Crippen LogP contribution < -0.4 is 15.8 Å². The van der Waals surface area contributed by atoms with Crippen LogP contribution in [0.4, 0.5) is 10.5 Å². The third kappa shape index (κ3) is 4.16. The zero-order chi connectivity index (χ0) is 17.9. The minimum Gasteiger partial charge on any atom is -0.495 e. The number of primary amides is 1. The molecule has 0 saturated carbocycles. The number of carbonyl (C=O) groups is 2. The van der Waals surface area contributed by atoms with E-state index in [-0.39, 0.29) is 23.0 Å². The van der Waals surface area contributed by atoms with Crippen LogP contribution in [0.5, 0.6) is 5.75 Å². The molecule has 9 heteroatoms. The molecule has 0 radical (unpaired) electrons. The van der Waals surface area contributed by atoms with Crippen LogP contribution in [0.15, 0.2) is 23.1 Å². The SMILES string of the molecule is COc1ccc(S(C)(=O)=O)cc1NC(=O)N1CCC[C@H](C(N)=O)C1. The van der Waals surface area contributed by atoms with Gasteiger partial charge in [0.1, 0.15) is 5.75 Å². The number of nitrogens with two attached hydrogens (primary N) is 1. The molecule has 3 N–H and O–H groups in total. The molecule has 3 amide bonds. The summed E-state index contributed by atoms with van der Waals surface area (Å²) in [4.78, 5) is 25.3. The lowest BCUT2D eigenvalue weighted by molar-refractivity contribution is -0.123. The van der Waals surface area contributed by atoms with Crippen molar-refractivity contribution < 1.29 is 22.7 Å². The number of sulfone groups is 1. The summed E-state index contributed by atoms with van der Waals surface area (Å²) in [6.07, 6.45) is 2.43. The van der Waals surface area contributed by atoms with E-state index in [2.05, 4.69) is 5.32 Å². The second kappa shape index (κ2) is 7.08. The largest absolute Gasteiger partial charge is 0.495 e. The van der Waals surface area contributed by atoms with Crippen LogP contribution in [-0.2, 0) is 14.6 Å². The number of likely N-dealkylation sites (tertiary alicyclic amines) is 1. The second-order valence-corrected chi connectivity index (χ2v) is 7.77. The molecule has 1 aliphatic heterocycles. The van der Waals surface area contributed by atoms with Crippen molar-refractivity contribution in [2.75, 3.05) is 31.8 Å². The van der Waals surface area contributed by atoms with Gasteiger partial charge in [-0.3, -0.25) is 4.79 Å². The quantitative estimate of drug-likeness (QED) is 0.829. The molecular weight excluding hydrogens is 334 g/mol. The number of benzene rings is 1. The molecule has 1 saturated heterocycles. The Morgan fingerprint density at radius 3 is 2.67 bits per heavy atom. The third-order valence-electron chi connectivity index (χ3n) is 3.95. The van der Waals surface area contributed by atoms with Crippen molar-refractivity contribution in [2.45, 2.75) is 17.7 Å². The maximum atomic E-state index is 12.4. The van der Waals surface area contributed by atoms with Gasteiger partial charge in [0.15, 0.2) is 9.84 Å². The average molecular weight is 355 g/mol. The minimum absolute atomic E-state index is 0.0762. The average Bonchev–Trinajstić information content (AvgIpc) is 2.54. The molecule has 24 heavy (non-hydrogen) atoms. The highest BCUT2D eigenvalue weighted by molar-refractivity contribution is 7.90. The van der Waals surface area contributed by atoms with Crippen molar-refractivity contribution in [3.05, 3.63) is 18.2 Å². The Labute approximate surface area is 140 Å². The summed E-state index contributed by atoms with van der Waals surface area (Å²) >= 11 is 0. The molecule has 1 aromatic carbocycles. The number of anilines is 1. The van der Waals surface area contributed by atoms with Crippen molar-refractivity contribution in [1.29, 1.82) is 0 Å². The number of ether oxygens (including phenoxy) is 1. The van der Waals surface area contributed by atoms with E-state index in [1.807, 2.05) is 0 Å². The Balaban J connectivity index is 2.20. The van der Waals surface area contributed by atoms with Gasteiger partial charge in [0.25, 0.3) is 0 Å². The molecule has 1 fully saturated rings. The summed E-state index contributed by atoms with van der Waals surface area (Å²) < 4.78 is 28.5. The van der Waals surface area contributed by atoms with Gasteiger partial charge >= 0.3 is 6.03 Å². The van der Waals surface area contributed by atoms with Gasteiger partial charge in [0.05, 0.1) is 23.6 Å². The summed E-state index contributed by atoms with van der Waals surface area (Å²) in [7, 11) is -1.99. The normalized spacial score (nSPS) is 18.1. The van der Waals surface area contributed by atoms with Crippen molar-refractivity contribution in [3.63, 3.8) is 0 Å². The molecule has 132 valence electrons. The Morgan fingerprint density at radius 1 is 1.38 bits per heavy atom.